The highest BCUT2D eigenvalue weighted by molar-refractivity contribution is 6.33. The summed E-state index contributed by atoms with van der Waals surface area (Å²) in [5, 5.41) is 15.7. The average Bonchev–Trinajstić information content (AvgIpc) is 2.84. The Hall–Kier alpha value is -3.10. The van der Waals surface area contributed by atoms with Crippen molar-refractivity contribution in [2.45, 2.75) is 25.0 Å². The monoisotopic (exact) mass is 490 g/mol. The van der Waals surface area contributed by atoms with E-state index < -0.39 is 0 Å². The number of halogens is 1. The van der Waals surface area contributed by atoms with Gasteiger partial charge in [0.1, 0.15) is 17.6 Å². The summed E-state index contributed by atoms with van der Waals surface area (Å²) in [6, 6.07) is 8.56. The van der Waals surface area contributed by atoms with Crippen LogP contribution in [0, 0.1) is 11.3 Å². The van der Waals surface area contributed by atoms with E-state index in [4.69, 9.17) is 32.1 Å². The van der Waals surface area contributed by atoms with Crippen LogP contribution in [0.2, 0.25) is 5.02 Å². The zero-order valence-electron chi connectivity index (χ0n) is 19.3. The number of carbonyl (C=O) groups excluding carboxylic acids is 1. The van der Waals surface area contributed by atoms with Gasteiger partial charge in [0.05, 0.1) is 41.1 Å². The van der Waals surface area contributed by atoms with E-state index in [0.717, 1.165) is 25.9 Å². The van der Waals surface area contributed by atoms with Crippen LogP contribution in [-0.2, 0) is 4.74 Å². The van der Waals surface area contributed by atoms with Crippen LogP contribution in [0.15, 0.2) is 30.5 Å². The van der Waals surface area contributed by atoms with E-state index in [1.54, 1.807) is 31.5 Å². The molecule has 1 fully saturated rings. The number of likely N-dealkylation sites (tertiary alicyclic amines) is 1. The third-order valence-electron chi connectivity index (χ3n) is 5.70. The van der Waals surface area contributed by atoms with Crippen LogP contribution >= 0.6 is 11.6 Å². The lowest BCUT2D eigenvalue weighted by atomic mass is 10.0. The van der Waals surface area contributed by atoms with Crippen molar-refractivity contribution in [2.24, 2.45) is 0 Å². The van der Waals surface area contributed by atoms with Gasteiger partial charge in [-0.3, -0.25) is 4.79 Å². The minimum atomic E-state index is -0.276. The Bertz CT molecular complexity index is 1020. The molecular formula is C23H31ClN6O4. The van der Waals surface area contributed by atoms with Gasteiger partial charge in [0.15, 0.2) is 0 Å². The predicted molar refractivity (Wildman–Crippen MR) is 131 cm³/mol. The average molecular weight is 491 g/mol. The highest BCUT2D eigenvalue weighted by atomic mass is 35.5. The van der Waals surface area contributed by atoms with Crippen molar-refractivity contribution >= 4 is 29.0 Å². The Kier molecular flexibility index (Phi) is 10.3. The number of aromatic nitrogens is 1. The first-order valence-corrected chi connectivity index (χ1v) is 11.1. The van der Waals surface area contributed by atoms with Gasteiger partial charge in [-0.2, -0.15) is 5.26 Å². The first-order valence-electron chi connectivity index (χ1n) is 10.7. The molecule has 2 unspecified atom stereocenters. The summed E-state index contributed by atoms with van der Waals surface area (Å²) in [7, 11) is 3.14. The van der Waals surface area contributed by atoms with E-state index in [-0.39, 0.29) is 23.5 Å². The predicted octanol–water partition coefficient (Wildman–Crippen LogP) is 1.69. The van der Waals surface area contributed by atoms with E-state index in [9.17, 15) is 4.79 Å². The lowest BCUT2D eigenvalue weighted by molar-refractivity contribution is 0.00638. The van der Waals surface area contributed by atoms with Crippen molar-refractivity contribution in [3.8, 4) is 11.8 Å². The molecule has 10 nitrogen and oxygen atoms in total. The highest BCUT2D eigenvalue weighted by Gasteiger charge is 2.31. The normalized spacial score (nSPS) is 17.8. The fourth-order valence-corrected chi connectivity index (χ4v) is 4.06. The number of anilines is 2. The molecule has 1 aliphatic heterocycles. The third kappa shape index (κ3) is 6.71. The quantitative estimate of drug-likeness (QED) is 0.354. The minimum absolute atomic E-state index is 0. The third-order valence-corrected chi connectivity index (χ3v) is 6.02. The van der Waals surface area contributed by atoms with Gasteiger partial charge >= 0.3 is 0 Å². The first kappa shape index (κ1) is 27.1. The fraction of sp³-hybridized carbons (Fsp3) is 0.435. The molecule has 3 rings (SSSR count). The topological polar surface area (TPSA) is 157 Å². The van der Waals surface area contributed by atoms with Gasteiger partial charge in [-0.05, 0) is 37.6 Å². The van der Waals surface area contributed by atoms with Gasteiger partial charge < -0.3 is 36.2 Å². The minimum Gasteiger partial charge on any atom is -0.496 e. The summed E-state index contributed by atoms with van der Waals surface area (Å²) >= 11 is 6.10. The zero-order valence-corrected chi connectivity index (χ0v) is 20.1. The van der Waals surface area contributed by atoms with E-state index in [0.29, 0.717) is 46.5 Å². The zero-order chi connectivity index (χ0) is 23.8. The summed E-state index contributed by atoms with van der Waals surface area (Å²) in [6.07, 6.45) is 3.16. The molecule has 2 aromatic rings. The Morgan fingerprint density at radius 3 is 2.91 bits per heavy atom. The van der Waals surface area contributed by atoms with Gasteiger partial charge in [-0.25, -0.2) is 4.98 Å². The summed E-state index contributed by atoms with van der Waals surface area (Å²) in [5.41, 5.74) is 7.04. The number of nitrogens with zero attached hydrogens (tertiary/aromatic N) is 3. The number of rotatable bonds is 9. The molecule has 34 heavy (non-hydrogen) atoms. The van der Waals surface area contributed by atoms with Crippen LogP contribution in [-0.4, -0.2) is 73.8 Å². The van der Waals surface area contributed by atoms with Gasteiger partial charge in [0, 0.05) is 39.0 Å². The summed E-state index contributed by atoms with van der Waals surface area (Å²) in [5.74, 6) is 0.706. The van der Waals surface area contributed by atoms with Gasteiger partial charge in [-0.15, -0.1) is 0 Å². The molecule has 1 aromatic heterocycles. The van der Waals surface area contributed by atoms with Crippen LogP contribution in [0.3, 0.4) is 0 Å². The number of pyridine rings is 1. The molecule has 184 valence electrons. The van der Waals surface area contributed by atoms with E-state index in [1.165, 1.54) is 13.2 Å². The molecule has 2 heterocycles. The molecule has 1 saturated heterocycles. The number of nitrogen functional groups attached to an aromatic ring is 1. The maximum Gasteiger partial charge on any atom is 0.255 e. The van der Waals surface area contributed by atoms with Crippen LogP contribution in [0.4, 0.5) is 11.5 Å². The van der Waals surface area contributed by atoms with Crippen molar-refractivity contribution < 1.29 is 19.7 Å². The molecule has 0 spiro atoms. The number of hydrogen-bond acceptors (Lipinski definition) is 8. The maximum atomic E-state index is 12.9. The second kappa shape index (κ2) is 13.0. The van der Waals surface area contributed by atoms with E-state index in [2.05, 4.69) is 26.6 Å². The lowest BCUT2D eigenvalue weighted by Gasteiger charge is -2.38. The van der Waals surface area contributed by atoms with Gasteiger partial charge in [-0.1, -0.05) is 11.6 Å². The second-order valence-electron chi connectivity index (χ2n) is 7.81. The molecule has 1 aromatic carbocycles. The Balaban J connectivity index is 0.00000408. The van der Waals surface area contributed by atoms with Crippen molar-refractivity contribution in [3.05, 3.63) is 46.6 Å². The fourth-order valence-electron chi connectivity index (χ4n) is 3.89. The summed E-state index contributed by atoms with van der Waals surface area (Å²) in [6.45, 7) is 3.10. The smallest absolute Gasteiger partial charge is 0.255 e. The summed E-state index contributed by atoms with van der Waals surface area (Å²) in [4.78, 5) is 19.4. The molecule has 0 saturated carbocycles. The van der Waals surface area contributed by atoms with Gasteiger partial charge in [0.25, 0.3) is 5.91 Å². The molecule has 0 bridgehead atoms. The highest BCUT2D eigenvalue weighted by Crippen LogP contribution is 2.29. The molecule has 2 atom stereocenters. The molecular weight excluding hydrogens is 460 g/mol. The number of carbonyl (C=O) groups is 1. The van der Waals surface area contributed by atoms with Crippen LogP contribution in [0.1, 0.15) is 28.8 Å². The number of benzene rings is 1. The second-order valence-corrected chi connectivity index (χ2v) is 8.22. The van der Waals surface area contributed by atoms with Crippen LogP contribution in [0.25, 0.3) is 0 Å². The summed E-state index contributed by atoms with van der Waals surface area (Å²) < 4.78 is 11.0. The van der Waals surface area contributed by atoms with Crippen molar-refractivity contribution in [3.63, 3.8) is 0 Å². The SMILES string of the molecule is COc1cc(N)c(Cl)cc1C(=O)NC1CCN(CCCNc2ncccc2C#N)CC1OC.O. The number of methoxy groups -OCH3 is 2. The number of nitrogens with two attached hydrogens (primary N) is 1. The Morgan fingerprint density at radius 2 is 2.21 bits per heavy atom. The Labute approximate surface area is 204 Å². The van der Waals surface area contributed by atoms with Crippen molar-refractivity contribution in [2.75, 3.05) is 51.4 Å². The lowest BCUT2D eigenvalue weighted by Crippen LogP contribution is -2.55. The maximum absolute atomic E-state index is 12.9. The molecule has 0 aliphatic carbocycles. The molecule has 1 aliphatic rings. The number of nitriles is 1. The largest absolute Gasteiger partial charge is 0.496 e. The van der Waals surface area contributed by atoms with E-state index in [1.807, 2.05) is 0 Å². The first-order chi connectivity index (χ1) is 16.0. The van der Waals surface area contributed by atoms with E-state index >= 15 is 0 Å². The molecule has 1 amide bonds. The van der Waals surface area contributed by atoms with Crippen LogP contribution in [0.5, 0.6) is 5.75 Å². The number of amides is 1. The van der Waals surface area contributed by atoms with Crippen LogP contribution < -0.4 is 21.1 Å². The Morgan fingerprint density at radius 1 is 1.41 bits per heavy atom. The standard InChI is InChI=1S/C23H29ClN6O3.H2O/c1-32-20-12-18(26)17(24)11-16(20)23(31)29-19-6-10-30(14-21(19)33-2)9-4-8-28-22-15(13-25)5-3-7-27-22;/h3,5,7,11-12,19,21H,4,6,8-10,14,26H2,1-2H3,(H,27,28)(H,29,31);1H2. The number of nitrogens with one attached hydrogen (secondary N) is 2. The molecule has 0 radical (unpaired) electrons. The molecule has 6 N–H and O–H groups in total. The van der Waals surface area contributed by atoms with Gasteiger partial charge in [0.2, 0.25) is 0 Å². The number of ether oxygens (including phenoxy) is 2. The molecule has 11 heteroatoms. The van der Waals surface area contributed by atoms with Crippen molar-refractivity contribution in [1.29, 1.82) is 5.26 Å². The number of hydrogen-bond donors (Lipinski definition) is 3. The van der Waals surface area contributed by atoms with Crippen molar-refractivity contribution in [1.82, 2.24) is 15.2 Å². The number of piperidine rings is 1.